The lowest BCUT2D eigenvalue weighted by Crippen LogP contribution is -2.40. The molecular weight excluding hydrogens is 278 g/mol. The maximum Gasteiger partial charge on any atom is 0.0766 e. The van der Waals surface area contributed by atoms with Crippen LogP contribution in [0.3, 0.4) is 0 Å². The van der Waals surface area contributed by atoms with Crippen molar-refractivity contribution in [2.45, 2.75) is 45.3 Å². The Morgan fingerprint density at radius 3 is 2.53 bits per heavy atom. The molecule has 1 aromatic rings. The van der Waals surface area contributed by atoms with Gasteiger partial charge in [-0.3, -0.25) is 0 Å². The van der Waals surface area contributed by atoms with Crippen LogP contribution in [0.25, 0.3) is 0 Å². The van der Waals surface area contributed by atoms with E-state index in [1.807, 2.05) is 26.0 Å². The molecule has 2 nitrogen and oxygen atoms in total. The highest BCUT2D eigenvalue weighted by Gasteiger charge is 2.22. The molecule has 0 aliphatic carbocycles. The van der Waals surface area contributed by atoms with Crippen LogP contribution in [0.4, 0.5) is 0 Å². The van der Waals surface area contributed by atoms with Crippen molar-refractivity contribution in [1.29, 1.82) is 0 Å². The molecule has 1 aromatic carbocycles. The van der Waals surface area contributed by atoms with E-state index in [-0.39, 0.29) is 6.04 Å². The molecule has 0 unspecified atom stereocenters. The van der Waals surface area contributed by atoms with Gasteiger partial charge in [0.25, 0.3) is 0 Å². The zero-order chi connectivity index (χ0) is 12.9. The van der Waals surface area contributed by atoms with Gasteiger partial charge in [-0.2, -0.15) is 0 Å². The zero-order valence-corrected chi connectivity index (χ0v) is 12.4. The van der Waals surface area contributed by atoms with Crippen molar-refractivity contribution in [2.24, 2.45) is 0 Å². The molecule has 96 valence electrons. The fourth-order valence-corrected chi connectivity index (χ4v) is 2.15. The lowest BCUT2D eigenvalue weighted by atomic mass is 9.96. The Morgan fingerprint density at radius 2 is 2.00 bits per heavy atom. The molecule has 0 heterocycles. The highest BCUT2D eigenvalue weighted by Crippen LogP contribution is 2.19. The maximum absolute atomic E-state index is 10.2. The first-order chi connectivity index (χ1) is 8.00. The summed E-state index contributed by atoms with van der Waals surface area (Å²) in [5.74, 6) is 0. The standard InChI is InChI=1S/C14H22BrNO/c1-4-14(17,5-2)10-16-11(3)12-7-6-8-13(15)9-12/h6-9,11,16-17H,4-5,10H2,1-3H3/t11-/m1/s1. The van der Waals surface area contributed by atoms with Gasteiger partial charge in [0.1, 0.15) is 0 Å². The average Bonchev–Trinajstić information content (AvgIpc) is 2.35. The third kappa shape index (κ3) is 4.41. The van der Waals surface area contributed by atoms with Gasteiger partial charge in [-0.25, -0.2) is 0 Å². The van der Waals surface area contributed by atoms with Crippen LogP contribution in [0.5, 0.6) is 0 Å². The molecule has 0 spiro atoms. The van der Waals surface area contributed by atoms with E-state index in [0.717, 1.165) is 17.3 Å². The molecule has 0 bridgehead atoms. The molecule has 3 heteroatoms. The minimum absolute atomic E-state index is 0.247. The summed E-state index contributed by atoms with van der Waals surface area (Å²) in [7, 11) is 0. The topological polar surface area (TPSA) is 32.3 Å². The summed E-state index contributed by atoms with van der Waals surface area (Å²) in [6.45, 7) is 6.80. The van der Waals surface area contributed by atoms with Gasteiger partial charge in [0.15, 0.2) is 0 Å². The van der Waals surface area contributed by atoms with Crippen molar-refractivity contribution in [2.75, 3.05) is 6.54 Å². The molecule has 0 aromatic heterocycles. The molecule has 0 radical (unpaired) electrons. The van der Waals surface area contributed by atoms with Gasteiger partial charge in [-0.1, -0.05) is 41.9 Å². The smallest absolute Gasteiger partial charge is 0.0766 e. The van der Waals surface area contributed by atoms with Crippen molar-refractivity contribution in [3.63, 3.8) is 0 Å². The molecule has 0 aliphatic rings. The largest absolute Gasteiger partial charge is 0.389 e. The highest BCUT2D eigenvalue weighted by molar-refractivity contribution is 9.10. The van der Waals surface area contributed by atoms with E-state index in [2.05, 4.69) is 40.3 Å². The summed E-state index contributed by atoms with van der Waals surface area (Å²) in [6, 6.07) is 8.50. The summed E-state index contributed by atoms with van der Waals surface area (Å²) in [5, 5.41) is 13.6. The molecule has 2 N–H and O–H groups in total. The van der Waals surface area contributed by atoms with Crippen LogP contribution in [0.2, 0.25) is 0 Å². The van der Waals surface area contributed by atoms with Gasteiger partial charge in [0.05, 0.1) is 5.60 Å². The maximum atomic E-state index is 10.2. The van der Waals surface area contributed by atoms with Crippen LogP contribution in [0.1, 0.15) is 45.2 Å². The number of rotatable bonds is 6. The quantitative estimate of drug-likeness (QED) is 0.840. The van der Waals surface area contributed by atoms with E-state index in [9.17, 15) is 5.11 Å². The Hall–Kier alpha value is -0.380. The lowest BCUT2D eigenvalue weighted by molar-refractivity contribution is 0.0303. The van der Waals surface area contributed by atoms with Crippen molar-refractivity contribution in [1.82, 2.24) is 5.32 Å². The first kappa shape index (κ1) is 14.7. The van der Waals surface area contributed by atoms with Crippen molar-refractivity contribution < 1.29 is 5.11 Å². The molecule has 0 amide bonds. The average molecular weight is 300 g/mol. The van der Waals surface area contributed by atoms with Crippen molar-refractivity contribution >= 4 is 15.9 Å². The fraction of sp³-hybridized carbons (Fsp3) is 0.571. The molecule has 0 aliphatic heterocycles. The van der Waals surface area contributed by atoms with Crippen LogP contribution in [-0.2, 0) is 0 Å². The third-order valence-corrected chi connectivity index (χ3v) is 3.90. The molecule has 0 fully saturated rings. The molecule has 0 saturated carbocycles. The van der Waals surface area contributed by atoms with Gasteiger partial charge < -0.3 is 10.4 Å². The van der Waals surface area contributed by atoms with E-state index < -0.39 is 5.60 Å². The predicted octanol–water partition coefficient (Wildman–Crippen LogP) is 3.65. The molecule has 1 atom stereocenters. The number of aliphatic hydroxyl groups is 1. The summed E-state index contributed by atoms with van der Waals surface area (Å²) in [5.41, 5.74) is 0.647. The third-order valence-electron chi connectivity index (χ3n) is 3.40. The van der Waals surface area contributed by atoms with Gasteiger partial charge in [-0.15, -0.1) is 0 Å². The summed E-state index contributed by atoms with van der Waals surface area (Å²) >= 11 is 3.47. The number of benzene rings is 1. The highest BCUT2D eigenvalue weighted by atomic mass is 79.9. The van der Waals surface area contributed by atoms with Crippen LogP contribution < -0.4 is 5.32 Å². The van der Waals surface area contributed by atoms with E-state index in [4.69, 9.17) is 0 Å². The predicted molar refractivity (Wildman–Crippen MR) is 76.1 cm³/mol. The van der Waals surface area contributed by atoms with Gasteiger partial charge in [0.2, 0.25) is 0 Å². The normalized spacial score (nSPS) is 13.7. The molecular formula is C14H22BrNO. The van der Waals surface area contributed by atoms with Gasteiger partial charge in [-0.05, 0) is 37.5 Å². The summed E-state index contributed by atoms with van der Waals surface area (Å²) < 4.78 is 1.09. The van der Waals surface area contributed by atoms with Gasteiger partial charge in [0, 0.05) is 17.1 Å². The first-order valence-corrected chi connectivity index (χ1v) is 7.01. The Balaban J connectivity index is 2.58. The minimum Gasteiger partial charge on any atom is -0.389 e. The Morgan fingerprint density at radius 1 is 1.35 bits per heavy atom. The second-order valence-corrected chi connectivity index (χ2v) is 5.50. The summed E-state index contributed by atoms with van der Waals surface area (Å²) in [6.07, 6.45) is 1.56. The monoisotopic (exact) mass is 299 g/mol. The number of halogens is 1. The SMILES string of the molecule is CCC(O)(CC)CN[C@H](C)c1cccc(Br)c1. The molecule has 1 rings (SSSR count). The van der Waals surface area contributed by atoms with Gasteiger partial charge >= 0.3 is 0 Å². The number of hydrogen-bond acceptors (Lipinski definition) is 2. The van der Waals surface area contributed by atoms with Crippen LogP contribution >= 0.6 is 15.9 Å². The second kappa shape index (κ2) is 6.53. The van der Waals surface area contributed by atoms with E-state index in [0.29, 0.717) is 6.54 Å². The molecule has 0 saturated heterocycles. The van der Waals surface area contributed by atoms with Crippen LogP contribution in [-0.4, -0.2) is 17.3 Å². The Kier molecular flexibility index (Phi) is 5.63. The summed E-state index contributed by atoms with van der Waals surface area (Å²) in [4.78, 5) is 0. The van der Waals surface area contributed by atoms with Crippen molar-refractivity contribution in [3.05, 3.63) is 34.3 Å². The second-order valence-electron chi connectivity index (χ2n) is 4.59. The fourth-order valence-electron chi connectivity index (χ4n) is 1.74. The minimum atomic E-state index is -0.583. The van der Waals surface area contributed by atoms with E-state index in [1.54, 1.807) is 0 Å². The van der Waals surface area contributed by atoms with E-state index in [1.165, 1.54) is 5.56 Å². The molecule has 17 heavy (non-hydrogen) atoms. The first-order valence-electron chi connectivity index (χ1n) is 6.22. The van der Waals surface area contributed by atoms with Crippen molar-refractivity contribution in [3.8, 4) is 0 Å². The zero-order valence-electron chi connectivity index (χ0n) is 10.8. The Bertz CT molecular complexity index is 350. The van der Waals surface area contributed by atoms with Crippen LogP contribution in [0, 0.1) is 0 Å². The van der Waals surface area contributed by atoms with E-state index >= 15 is 0 Å². The van der Waals surface area contributed by atoms with Crippen LogP contribution in [0.15, 0.2) is 28.7 Å². The number of hydrogen-bond donors (Lipinski definition) is 2. The lowest BCUT2D eigenvalue weighted by Gasteiger charge is -2.27. The number of nitrogens with one attached hydrogen (secondary N) is 1. The Labute approximate surface area is 113 Å².